The second-order valence-corrected chi connectivity index (χ2v) is 5.35. The van der Waals surface area contributed by atoms with E-state index in [1.165, 1.54) is 25.3 Å². The van der Waals surface area contributed by atoms with Crippen LogP contribution in [-0.2, 0) is 0 Å². The molecule has 0 amide bonds. The van der Waals surface area contributed by atoms with E-state index in [1.54, 1.807) is 12.1 Å². The predicted octanol–water partition coefficient (Wildman–Crippen LogP) is 3.96. The Morgan fingerprint density at radius 1 is 1.47 bits per heavy atom. The zero-order valence-electron chi connectivity index (χ0n) is 9.49. The lowest BCUT2D eigenvalue weighted by Crippen LogP contribution is -2.15. The van der Waals surface area contributed by atoms with Crippen molar-refractivity contribution in [2.24, 2.45) is 5.92 Å². The zero-order valence-corrected chi connectivity index (χ0v) is 11.1. The number of benzene rings is 1. The third-order valence-corrected chi connectivity index (χ3v) is 3.74. The van der Waals surface area contributed by atoms with Crippen LogP contribution in [0.5, 0.6) is 0 Å². The van der Waals surface area contributed by atoms with E-state index in [-0.39, 0.29) is 10.6 Å². The van der Waals surface area contributed by atoms with Crippen molar-refractivity contribution in [3.63, 3.8) is 0 Å². The fourth-order valence-electron chi connectivity index (χ4n) is 2.00. The predicted molar refractivity (Wildman–Crippen MR) is 71.2 cm³/mol. The largest absolute Gasteiger partial charge is 0.379 e. The first-order valence-electron chi connectivity index (χ1n) is 5.84. The van der Waals surface area contributed by atoms with Gasteiger partial charge in [-0.1, -0.05) is 35.2 Å². The lowest BCUT2D eigenvalue weighted by Gasteiger charge is -2.25. The number of nitro groups is 1. The van der Waals surface area contributed by atoms with Crippen molar-refractivity contribution in [2.75, 3.05) is 11.9 Å². The Kier molecular flexibility index (Phi) is 3.99. The van der Waals surface area contributed by atoms with Gasteiger partial charge in [-0.2, -0.15) is 0 Å². The molecular formula is C12H15BrN2O2. The molecule has 0 bridgehead atoms. The highest BCUT2D eigenvalue weighted by Crippen LogP contribution is 2.31. The van der Waals surface area contributed by atoms with E-state index < -0.39 is 0 Å². The van der Waals surface area contributed by atoms with Crippen molar-refractivity contribution in [3.8, 4) is 0 Å². The Morgan fingerprint density at radius 3 is 2.82 bits per heavy atom. The second kappa shape index (κ2) is 5.49. The number of hydrogen-bond acceptors (Lipinski definition) is 3. The molecule has 2 rings (SSSR count). The summed E-state index contributed by atoms with van der Waals surface area (Å²) >= 11 is 3.33. The summed E-state index contributed by atoms with van der Waals surface area (Å²) in [6.07, 6.45) is 5.05. The number of hydrogen-bond donors (Lipinski definition) is 1. The molecule has 0 saturated heterocycles. The van der Waals surface area contributed by atoms with Gasteiger partial charge in [0.15, 0.2) is 0 Å². The molecule has 0 heterocycles. The van der Waals surface area contributed by atoms with Crippen LogP contribution >= 0.6 is 15.9 Å². The Balaban J connectivity index is 1.97. The monoisotopic (exact) mass is 298 g/mol. The molecule has 92 valence electrons. The highest BCUT2D eigenvalue weighted by Gasteiger charge is 2.18. The summed E-state index contributed by atoms with van der Waals surface area (Å²) in [6.45, 7) is 0.807. The van der Waals surface area contributed by atoms with E-state index in [9.17, 15) is 10.1 Å². The maximum Gasteiger partial charge on any atom is 0.292 e. The van der Waals surface area contributed by atoms with Gasteiger partial charge in [0.25, 0.3) is 5.69 Å². The summed E-state index contributed by atoms with van der Waals surface area (Å²) in [5.74, 6) is 0.814. The highest BCUT2D eigenvalue weighted by molar-refractivity contribution is 9.10. The molecule has 17 heavy (non-hydrogen) atoms. The summed E-state index contributed by atoms with van der Waals surface area (Å²) in [5, 5.41) is 14.0. The van der Waals surface area contributed by atoms with E-state index >= 15 is 0 Å². The zero-order chi connectivity index (χ0) is 12.3. The number of halogens is 1. The van der Waals surface area contributed by atoms with Crippen molar-refractivity contribution >= 4 is 27.3 Å². The summed E-state index contributed by atoms with van der Waals surface area (Å²) < 4.78 is 0.856. The Bertz CT molecular complexity index is 419. The molecule has 1 saturated carbocycles. The first-order valence-corrected chi connectivity index (χ1v) is 6.64. The quantitative estimate of drug-likeness (QED) is 0.661. The van der Waals surface area contributed by atoms with E-state index in [0.717, 1.165) is 23.4 Å². The molecule has 4 nitrogen and oxygen atoms in total. The van der Waals surface area contributed by atoms with Crippen molar-refractivity contribution in [3.05, 3.63) is 32.8 Å². The Hall–Kier alpha value is -1.10. The van der Waals surface area contributed by atoms with Crippen LogP contribution in [0.15, 0.2) is 22.7 Å². The average molecular weight is 299 g/mol. The molecule has 1 aliphatic rings. The number of anilines is 1. The lowest BCUT2D eigenvalue weighted by molar-refractivity contribution is -0.384. The molecule has 1 aromatic carbocycles. The first kappa shape index (κ1) is 12.4. The SMILES string of the molecule is O=[N+]([O-])c1ccc(Br)cc1NCCC1CCC1. The van der Waals surface area contributed by atoms with Crippen LogP contribution < -0.4 is 5.32 Å². The van der Waals surface area contributed by atoms with Crippen LogP contribution in [-0.4, -0.2) is 11.5 Å². The molecule has 0 atom stereocenters. The molecule has 5 heteroatoms. The molecule has 1 aliphatic carbocycles. The van der Waals surface area contributed by atoms with Crippen LogP contribution in [0, 0.1) is 16.0 Å². The van der Waals surface area contributed by atoms with Gasteiger partial charge in [0.2, 0.25) is 0 Å². The molecule has 1 fully saturated rings. The molecule has 1 N–H and O–H groups in total. The maximum atomic E-state index is 10.8. The van der Waals surface area contributed by atoms with Gasteiger partial charge in [0.05, 0.1) is 4.92 Å². The van der Waals surface area contributed by atoms with Gasteiger partial charge in [-0.15, -0.1) is 0 Å². The highest BCUT2D eigenvalue weighted by atomic mass is 79.9. The van der Waals surface area contributed by atoms with Crippen LogP contribution in [0.4, 0.5) is 11.4 Å². The molecule has 0 spiro atoms. The standard InChI is InChI=1S/C12H15BrN2O2/c13-10-4-5-12(15(16)17)11(8-10)14-7-6-9-2-1-3-9/h4-5,8-9,14H,1-3,6-7H2. The summed E-state index contributed by atoms with van der Waals surface area (Å²) in [6, 6.07) is 4.98. The normalized spacial score (nSPS) is 15.4. The topological polar surface area (TPSA) is 55.2 Å². The fourth-order valence-corrected chi connectivity index (χ4v) is 2.36. The second-order valence-electron chi connectivity index (χ2n) is 4.43. The number of nitrogens with zero attached hydrogens (tertiary/aromatic N) is 1. The van der Waals surface area contributed by atoms with Crippen LogP contribution in [0.25, 0.3) is 0 Å². The smallest absolute Gasteiger partial charge is 0.292 e. The summed E-state index contributed by atoms with van der Waals surface area (Å²) in [5.41, 5.74) is 0.741. The Morgan fingerprint density at radius 2 is 2.24 bits per heavy atom. The molecule has 1 aromatic rings. The molecule has 0 aliphatic heterocycles. The van der Waals surface area contributed by atoms with Crippen molar-refractivity contribution in [2.45, 2.75) is 25.7 Å². The molecule has 0 aromatic heterocycles. The van der Waals surface area contributed by atoms with Gasteiger partial charge in [0.1, 0.15) is 5.69 Å². The average Bonchev–Trinajstić information content (AvgIpc) is 2.21. The van der Waals surface area contributed by atoms with Crippen LogP contribution in [0.1, 0.15) is 25.7 Å². The van der Waals surface area contributed by atoms with Gasteiger partial charge >= 0.3 is 0 Å². The number of nitro benzene ring substituents is 1. The summed E-state index contributed by atoms with van der Waals surface area (Å²) in [4.78, 5) is 10.5. The summed E-state index contributed by atoms with van der Waals surface area (Å²) in [7, 11) is 0. The third kappa shape index (κ3) is 3.19. The van der Waals surface area contributed by atoms with Crippen molar-refractivity contribution < 1.29 is 4.92 Å². The van der Waals surface area contributed by atoms with Gasteiger partial charge in [-0.25, -0.2) is 0 Å². The van der Waals surface area contributed by atoms with Crippen molar-refractivity contribution in [1.82, 2.24) is 0 Å². The number of nitrogens with one attached hydrogen (secondary N) is 1. The lowest BCUT2D eigenvalue weighted by atomic mass is 9.83. The minimum Gasteiger partial charge on any atom is -0.379 e. The minimum absolute atomic E-state index is 0.141. The van der Waals surface area contributed by atoms with E-state index in [1.807, 2.05) is 0 Å². The van der Waals surface area contributed by atoms with Crippen LogP contribution in [0.2, 0.25) is 0 Å². The van der Waals surface area contributed by atoms with Gasteiger partial charge in [0, 0.05) is 17.1 Å². The van der Waals surface area contributed by atoms with E-state index in [4.69, 9.17) is 0 Å². The van der Waals surface area contributed by atoms with Gasteiger partial charge in [-0.05, 0) is 24.5 Å². The molecule has 0 unspecified atom stereocenters. The first-order chi connectivity index (χ1) is 8.16. The van der Waals surface area contributed by atoms with Gasteiger partial charge in [-0.3, -0.25) is 10.1 Å². The fraction of sp³-hybridized carbons (Fsp3) is 0.500. The van der Waals surface area contributed by atoms with E-state index in [2.05, 4.69) is 21.2 Å². The van der Waals surface area contributed by atoms with Crippen LogP contribution in [0.3, 0.4) is 0 Å². The Labute approximate surface area is 109 Å². The number of rotatable bonds is 5. The van der Waals surface area contributed by atoms with E-state index in [0.29, 0.717) is 5.69 Å². The molecule has 0 radical (unpaired) electrons. The third-order valence-electron chi connectivity index (χ3n) is 3.25. The molecular weight excluding hydrogens is 284 g/mol. The maximum absolute atomic E-state index is 10.8. The minimum atomic E-state index is -0.349. The van der Waals surface area contributed by atoms with Crippen molar-refractivity contribution in [1.29, 1.82) is 0 Å². The van der Waals surface area contributed by atoms with Gasteiger partial charge < -0.3 is 5.32 Å².